The molecule has 0 saturated heterocycles. The van der Waals surface area contributed by atoms with Gasteiger partial charge < -0.3 is 10.1 Å². The Morgan fingerprint density at radius 2 is 1.78 bits per heavy atom. The van der Waals surface area contributed by atoms with Crippen LogP contribution >= 0.6 is 0 Å². The average molecular weight is 388 g/mol. The molecule has 2 aromatic rings. The Kier molecular flexibility index (Phi) is 5.57. The van der Waals surface area contributed by atoms with Gasteiger partial charge in [-0.05, 0) is 38.1 Å². The Morgan fingerprint density at radius 1 is 1.07 bits per heavy atom. The summed E-state index contributed by atoms with van der Waals surface area (Å²) >= 11 is 0. The van der Waals surface area contributed by atoms with Crippen LogP contribution in [0.5, 0.6) is 0 Å². The molecule has 2 aromatic carbocycles. The lowest BCUT2D eigenvalue weighted by molar-refractivity contribution is -0.130. The third-order valence-electron chi connectivity index (χ3n) is 4.14. The van der Waals surface area contributed by atoms with Crippen molar-refractivity contribution in [2.75, 3.05) is 7.05 Å². The molecule has 1 saturated carbocycles. The summed E-state index contributed by atoms with van der Waals surface area (Å²) in [6.45, 7) is 0. The standard InChI is InChI=1S/C19H20N2O5S/c1-20-27(24,25)16-9-5-8-14(12-16)19(23)26-17(13-6-3-2-4-7-13)18(22)21-15-10-11-15/h2-9,12,15,17,20H,10-11H2,1H3,(H,21,22)/t17-/m1/s1. The summed E-state index contributed by atoms with van der Waals surface area (Å²) in [5.41, 5.74) is 0.592. The van der Waals surface area contributed by atoms with E-state index in [9.17, 15) is 18.0 Å². The van der Waals surface area contributed by atoms with Crippen molar-refractivity contribution in [2.24, 2.45) is 0 Å². The summed E-state index contributed by atoms with van der Waals surface area (Å²) < 4.78 is 31.5. The number of rotatable bonds is 7. The number of hydrogen-bond acceptors (Lipinski definition) is 5. The summed E-state index contributed by atoms with van der Waals surface area (Å²) in [4.78, 5) is 25.1. The van der Waals surface area contributed by atoms with Gasteiger partial charge in [-0.15, -0.1) is 0 Å². The lowest BCUT2D eigenvalue weighted by atomic mass is 10.1. The van der Waals surface area contributed by atoms with Crippen molar-refractivity contribution in [1.29, 1.82) is 0 Å². The fourth-order valence-electron chi connectivity index (χ4n) is 2.49. The van der Waals surface area contributed by atoms with Crippen LogP contribution in [0.15, 0.2) is 59.5 Å². The van der Waals surface area contributed by atoms with Gasteiger partial charge in [-0.25, -0.2) is 17.9 Å². The van der Waals surface area contributed by atoms with E-state index in [4.69, 9.17) is 4.74 Å². The zero-order valence-electron chi connectivity index (χ0n) is 14.7. The molecule has 2 N–H and O–H groups in total. The predicted molar refractivity (Wildman–Crippen MR) is 98.5 cm³/mol. The molecular formula is C19H20N2O5S. The first kappa shape index (κ1) is 19.1. The molecule has 0 aliphatic heterocycles. The van der Waals surface area contributed by atoms with Gasteiger partial charge in [0.2, 0.25) is 16.1 Å². The second-order valence-corrected chi connectivity index (χ2v) is 8.10. The summed E-state index contributed by atoms with van der Waals surface area (Å²) in [7, 11) is -2.41. The normalized spacial score (nSPS) is 15.0. The Labute approximate surface area is 157 Å². The highest BCUT2D eigenvalue weighted by atomic mass is 32.2. The molecule has 7 nitrogen and oxygen atoms in total. The largest absolute Gasteiger partial charge is 0.444 e. The molecule has 142 valence electrons. The number of carbonyl (C=O) groups excluding carboxylic acids is 2. The minimum atomic E-state index is -3.70. The van der Waals surface area contributed by atoms with Crippen molar-refractivity contribution in [3.63, 3.8) is 0 Å². The molecule has 1 fully saturated rings. The van der Waals surface area contributed by atoms with Gasteiger partial charge >= 0.3 is 5.97 Å². The molecule has 0 aromatic heterocycles. The van der Waals surface area contributed by atoms with E-state index in [-0.39, 0.29) is 16.5 Å². The van der Waals surface area contributed by atoms with Crippen molar-refractivity contribution >= 4 is 21.9 Å². The number of esters is 1. The Balaban J connectivity index is 1.84. The molecule has 0 spiro atoms. The molecule has 1 amide bonds. The minimum absolute atomic E-state index is 0.0477. The van der Waals surface area contributed by atoms with Crippen LogP contribution in [0.3, 0.4) is 0 Å². The summed E-state index contributed by atoms with van der Waals surface area (Å²) in [5, 5.41) is 2.83. The zero-order chi connectivity index (χ0) is 19.4. The van der Waals surface area contributed by atoms with Gasteiger partial charge in [-0.1, -0.05) is 36.4 Å². The van der Waals surface area contributed by atoms with Crippen molar-refractivity contribution in [3.05, 3.63) is 65.7 Å². The summed E-state index contributed by atoms with van der Waals surface area (Å²) in [6, 6.07) is 14.3. The van der Waals surface area contributed by atoms with Crippen molar-refractivity contribution in [1.82, 2.24) is 10.0 Å². The molecule has 8 heteroatoms. The van der Waals surface area contributed by atoms with Crippen LogP contribution in [0.2, 0.25) is 0 Å². The maximum Gasteiger partial charge on any atom is 0.339 e. The second kappa shape index (κ2) is 7.89. The maximum atomic E-state index is 12.6. The molecule has 1 aliphatic rings. The first-order chi connectivity index (χ1) is 12.9. The first-order valence-electron chi connectivity index (χ1n) is 8.50. The lowest BCUT2D eigenvalue weighted by Crippen LogP contribution is -2.33. The molecule has 27 heavy (non-hydrogen) atoms. The quantitative estimate of drug-likeness (QED) is 0.704. The molecular weight excluding hydrogens is 368 g/mol. The van der Waals surface area contributed by atoms with E-state index < -0.39 is 28.0 Å². The van der Waals surface area contributed by atoms with Gasteiger partial charge in [0.15, 0.2) is 0 Å². The first-order valence-corrected chi connectivity index (χ1v) is 9.99. The van der Waals surface area contributed by atoms with E-state index in [1.807, 2.05) is 0 Å². The lowest BCUT2D eigenvalue weighted by Gasteiger charge is -2.18. The monoisotopic (exact) mass is 388 g/mol. The van der Waals surface area contributed by atoms with Crippen LogP contribution in [-0.2, 0) is 19.6 Å². The van der Waals surface area contributed by atoms with Crippen molar-refractivity contribution in [2.45, 2.75) is 29.9 Å². The van der Waals surface area contributed by atoms with E-state index in [0.29, 0.717) is 5.56 Å². The molecule has 0 bridgehead atoms. The molecule has 1 aliphatic carbocycles. The van der Waals surface area contributed by atoms with Crippen molar-refractivity contribution < 1.29 is 22.7 Å². The minimum Gasteiger partial charge on any atom is -0.444 e. The molecule has 3 rings (SSSR count). The van der Waals surface area contributed by atoms with Crippen LogP contribution in [0, 0.1) is 0 Å². The molecule has 1 atom stereocenters. The van der Waals surface area contributed by atoms with Gasteiger partial charge in [0.1, 0.15) is 0 Å². The topological polar surface area (TPSA) is 102 Å². The van der Waals surface area contributed by atoms with E-state index >= 15 is 0 Å². The summed E-state index contributed by atoms with van der Waals surface area (Å²) in [6.07, 6.45) is 0.708. The highest BCUT2D eigenvalue weighted by molar-refractivity contribution is 7.89. The highest BCUT2D eigenvalue weighted by Gasteiger charge is 2.31. The molecule has 0 radical (unpaired) electrons. The van der Waals surface area contributed by atoms with E-state index in [1.54, 1.807) is 30.3 Å². The Hall–Kier alpha value is -2.71. The number of hydrogen-bond donors (Lipinski definition) is 2. The second-order valence-electron chi connectivity index (χ2n) is 6.21. The number of amides is 1. The number of ether oxygens (including phenoxy) is 1. The van der Waals surface area contributed by atoms with Crippen LogP contribution in [0.4, 0.5) is 0 Å². The molecule has 0 heterocycles. The predicted octanol–water partition coefficient (Wildman–Crippen LogP) is 1.77. The number of nitrogens with one attached hydrogen (secondary N) is 2. The van der Waals surface area contributed by atoms with Gasteiger partial charge in [0, 0.05) is 11.6 Å². The van der Waals surface area contributed by atoms with Crippen LogP contribution < -0.4 is 10.0 Å². The Morgan fingerprint density at radius 3 is 2.41 bits per heavy atom. The van der Waals surface area contributed by atoms with E-state index in [0.717, 1.165) is 12.8 Å². The summed E-state index contributed by atoms with van der Waals surface area (Å²) in [5.74, 6) is -1.17. The Bertz CT molecular complexity index is 940. The fourth-order valence-corrected chi connectivity index (χ4v) is 3.26. The van der Waals surface area contributed by atoms with Crippen LogP contribution in [-0.4, -0.2) is 33.4 Å². The van der Waals surface area contributed by atoms with Crippen molar-refractivity contribution in [3.8, 4) is 0 Å². The number of benzene rings is 2. The highest BCUT2D eigenvalue weighted by Crippen LogP contribution is 2.24. The van der Waals surface area contributed by atoms with Gasteiger partial charge in [0.25, 0.3) is 5.91 Å². The average Bonchev–Trinajstić information content (AvgIpc) is 3.50. The number of carbonyl (C=O) groups is 2. The number of sulfonamides is 1. The van der Waals surface area contributed by atoms with Gasteiger partial charge in [-0.3, -0.25) is 4.79 Å². The fraction of sp³-hybridized carbons (Fsp3) is 0.263. The van der Waals surface area contributed by atoms with Crippen LogP contribution in [0.25, 0.3) is 0 Å². The van der Waals surface area contributed by atoms with Gasteiger partial charge in [-0.2, -0.15) is 0 Å². The maximum absolute atomic E-state index is 12.6. The van der Waals surface area contributed by atoms with E-state index in [2.05, 4.69) is 10.0 Å². The zero-order valence-corrected chi connectivity index (χ0v) is 15.5. The smallest absolute Gasteiger partial charge is 0.339 e. The van der Waals surface area contributed by atoms with Crippen LogP contribution in [0.1, 0.15) is 34.9 Å². The third-order valence-corrected chi connectivity index (χ3v) is 5.55. The van der Waals surface area contributed by atoms with Gasteiger partial charge in [0.05, 0.1) is 10.5 Å². The molecule has 0 unspecified atom stereocenters. The third kappa shape index (κ3) is 4.72. The van der Waals surface area contributed by atoms with E-state index in [1.165, 1.54) is 31.3 Å². The SMILES string of the molecule is CNS(=O)(=O)c1cccc(C(=O)O[C@@H](C(=O)NC2CC2)c2ccccc2)c1.